The quantitative estimate of drug-likeness (QED) is 0.336. The van der Waals surface area contributed by atoms with E-state index < -0.39 is 0 Å². The maximum atomic E-state index is 5.79. The standard InChI is InChI=1S/C26H38N4O2/c1-21-18-24(14-16-30(21)19-22-8-5-4-6-9-22)29-26(27-2)28-15-7-17-32-20-23-10-12-25(31-3)13-11-23/h4-6,8-13,21,24H,7,14-20H2,1-3H3,(H2,27,28,29). The first kappa shape index (κ1) is 24.1. The second-order valence-electron chi connectivity index (χ2n) is 8.42. The molecule has 2 aromatic carbocycles. The maximum absolute atomic E-state index is 5.79. The summed E-state index contributed by atoms with van der Waals surface area (Å²) >= 11 is 0. The Hall–Kier alpha value is -2.57. The average molecular weight is 439 g/mol. The van der Waals surface area contributed by atoms with Gasteiger partial charge in [0.2, 0.25) is 0 Å². The third-order valence-corrected chi connectivity index (χ3v) is 5.99. The Morgan fingerprint density at radius 2 is 1.88 bits per heavy atom. The lowest BCUT2D eigenvalue weighted by Gasteiger charge is -2.38. The van der Waals surface area contributed by atoms with Gasteiger partial charge < -0.3 is 20.1 Å². The van der Waals surface area contributed by atoms with Crippen LogP contribution in [0.2, 0.25) is 0 Å². The highest BCUT2D eigenvalue weighted by atomic mass is 16.5. The number of benzene rings is 2. The van der Waals surface area contributed by atoms with Gasteiger partial charge in [-0.1, -0.05) is 42.5 Å². The van der Waals surface area contributed by atoms with Crippen molar-refractivity contribution in [3.63, 3.8) is 0 Å². The van der Waals surface area contributed by atoms with E-state index in [1.165, 1.54) is 5.56 Å². The van der Waals surface area contributed by atoms with E-state index in [0.717, 1.165) is 56.2 Å². The summed E-state index contributed by atoms with van der Waals surface area (Å²) in [4.78, 5) is 6.98. The monoisotopic (exact) mass is 438 g/mol. The summed E-state index contributed by atoms with van der Waals surface area (Å²) in [6, 6.07) is 19.7. The zero-order chi connectivity index (χ0) is 22.6. The molecule has 0 amide bonds. The Balaban J connectivity index is 1.30. The molecule has 2 N–H and O–H groups in total. The van der Waals surface area contributed by atoms with Gasteiger partial charge in [-0.15, -0.1) is 0 Å². The SMILES string of the molecule is CN=C(NCCCOCc1ccc(OC)cc1)NC1CCN(Cc2ccccc2)C(C)C1. The van der Waals surface area contributed by atoms with Crippen LogP contribution in [0.4, 0.5) is 0 Å². The number of nitrogens with one attached hydrogen (secondary N) is 2. The second-order valence-corrected chi connectivity index (χ2v) is 8.42. The summed E-state index contributed by atoms with van der Waals surface area (Å²) in [5, 5.41) is 7.03. The molecule has 1 heterocycles. The third kappa shape index (κ3) is 7.84. The predicted molar refractivity (Wildman–Crippen MR) is 131 cm³/mol. The Morgan fingerprint density at radius 3 is 2.56 bits per heavy atom. The van der Waals surface area contributed by atoms with Gasteiger partial charge in [-0.3, -0.25) is 9.89 Å². The van der Waals surface area contributed by atoms with Crippen molar-refractivity contribution in [1.82, 2.24) is 15.5 Å². The molecule has 1 aliphatic rings. The molecule has 2 atom stereocenters. The van der Waals surface area contributed by atoms with Crippen molar-refractivity contribution in [3.05, 3.63) is 65.7 Å². The number of piperidine rings is 1. The fourth-order valence-corrected chi connectivity index (χ4v) is 4.09. The fraction of sp³-hybridized carbons (Fsp3) is 0.500. The molecule has 174 valence electrons. The van der Waals surface area contributed by atoms with Gasteiger partial charge in [-0.05, 0) is 49.4 Å². The van der Waals surface area contributed by atoms with Crippen LogP contribution < -0.4 is 15.4 Å². The number of hydrogen-bond donors (Lipinski definition) is 2. The summed E-state index contributed by atoms with van der Waals surface area (Å²) in [5.74, 6) is 1.75. The molecular weight excluding hydrogens is 400 g/mol. The number of methoxy groups -OCH3 is 1. The number of ether oxygens (including phenoxy) is 2. The van der Waals surface area contributed by atoms with Crippen molar-refractivity contribution in [2.45, 2.75) is 51.4 Å². The number of guanidine groups is 1. The minimum Gasteiger partial charge on any atom is -0.497 e. The van der Waals surface area contributed by atoms with E-state index in [4.69, 9.17) is 9.47 Å². The minimum absolute atomic E-state index is 0.453. The highest BCUT2D eigenvalue weighted by Gasteiger charge is 2.25. The molecule has 32 heavy (non-hydrogen) atoms. The number of likely N-dealkylation sites (tertiary alicyclic amines) is 1. The Kier molecular flexibility index (Phi) is 9.85. The van der Waals surface area contributed by atoms with Crippen LogP contribution in [0.1, 0.15) is 37.3 Å². The summed E-state index contributed by atoms with van der Waals surface area (Å²) in [5.41, 5.74) is 2.54. The highest BCUT2D eigenvalue weighted by Crippen LogP contribution is 2.20. The summed E-state index contributed by atoms with van der Waals surface area (Å²) in [6.07, 6.45) is 3.18. The molecule has 1 fully saturated rings. The van der Waals surface area contributed by atoms with Crippen LogP contribution in [0.5, 0.6) is 5.75 Å². The van der Waals surface area contributed by atoms with Gasteiger partial charge in [0.15, 0.2) is 5.96 Å². The second kappa shape index (κ2) is 13.1. The van der Waals surface area contributed by atoms with E-state index in [-0.39, 0.29) is 0 Å². The molecule has 1 aliphatic heterocycles. The molecule has 2 unspecified atom stereocenters. The van der Waals surface area contributed by atoms with E-state index in [0.29, 0.717) is 25.3 Å². The lowest BCUT2D eigenvalue weighted by Crippen LogP contribution is -2.51. The Morgan fingerprint density at radius 1 is 1.09 bits per heavy atom. The van der Waals surface area contributed by atoms with Crippen LogP contribution in [0, 0.1) is 0 Å². The number of hydrogen-bond acceptors (Lipinski definition) is 4. The molecule has 2 aromatic rings. The zero-order valence-electron chi connectivity index (χ0n) is 19.7. The topological polar surface area (TPSA) is 58.1 Å². The van der Waals surface area contributed by atoms with E-state index in [9.17, 15) is 0 Å². The number of rotatable bonds is 10. The van der Waals surface area contributed by atoms with Crippen LogP contribution in [0.3, 0.4) is 0 Å². The van der Waals surface area contributed by atoms with Crippen molar-refractivity contribution in [2.24, 2.45) is 4.99 Å². The lowest BCUT2D eigenvalue weighted by atomic mass is 9.97. The first-order valence-electron chi connectivity index (χ1n) is 11.6. The molecular formula is C26H38N4O2. The molecule has 0 radical (unpaired) electrons. The van der Waals surface area contributed by atoms with Gasteiger partial charge in [0.25, 0.3) is 0 Å². The van der Waals surface area contributed by atoms with Crippen molar-refractivity contribution < 1.29 is 9.47 Å². The molecule has 0 bridgehead atoms. The summed E-state index contributed by atoms with van der Waals surface area (Å²) < 4.78 is 11.0. The number of nitrogens with zero attached hydrogens (tertiary/aromatic N) is 2. The molecule has 0 aromatic heterocycles. The fourth-order valence-electron chi connectivity index (χ4n) is 4.09. The van der Waals surface area contributed by atoms with Crippen molar-refractivity contribution in [3.8, 4) is 5.75 Å². The molecule has 0 spiro atoms. The molecule has 3 rings (SSSR count). The van der Waals surface area contributed by atoms with Gasteiger partial charge in [0, 0.05) is 45.4 Å². The van der Waals surface area contributed by atoms with Crippen LogP contribution in [-0.4, -0.2) is 56.8 Å². The molecule has 6 heteroatoms. The van der Waals surface area contributed by atoms with Crippen molar-refractivity contribution in [1.29, 1.82) is 0 Å². The number of aliphatic imine (C=N–C) groups is 1. The Labute approximate surface area is 193 Å². The maximum Gasteiger partial charge on any atom is 0.191 e. The zero-order valence-corrected chi connectivity index (χ0v) is 19.7. The van der Waals surface area contributed by atoms with E-state index in [1.807, 2.05) is 31.3 Å². The summed E-state index contributed by atoms with van der Waals surface area (Å²) in [7, 11) is 3.51. The van der Waals surface area contributed by atoms with Gasteiger partial charge in [0.1, 0.15) is 5.75 Å². The average Bonchev–Trinajstić information content (AvgIpc) is 2.83. The van der Waals surface area contributed by atoms with Crippen LogP contribution in [0.15, 0.2) is 59.6 Å². The molecule has 0 saturated carbocycles. The van der Waals surface area contributed by atoms with Crippen molar-refractivity contribution in [2.75, 3.05) is 33.9 Å². The summed E-state index contributed by atoms with van der Waals surface area (Å²) in [6.45, 7) is 6.63. The first-order valence-corrected chi connectivity index (χ1v) is 11.6. The van der Waals surface area contributed by atoms with Gasteiger partial charge in [-0.25, -0.2) is 0 Å². The van der Waals surface area contributed by atoms with Gasteiger partial charge in [-0.2, -0.15) is 0 Å². The van der Waals surface area contributed by atoms with Crippen LogP contribution in [0.25, 0.3) is 0 Å². The van der Waals surface area contributed by atoms with E-state index in [2.05, 4.69) is 57.8 Å². The highest BCUT2D eigenvalue weighted by molar-refractivity contribution is 5.79. The van der Waals surface area contributed by atoms with E-state index >= 15 is 0 Å². The third-order valence-electron chi connectivity index (χ3n) is 5.99. The first-order chi connectivity index (χ1) is 15.7. The molecule has 0 aliphatic carbocycles. The van der Waals surface area contributed by atoms with Crippen LogP contribution >= 0.6 is 0 Å². The van der Waals surface area contributed by atoms with E-state index in [1.54, 1.807) is 7.11 Å². The predicted octanol–water partition coefficient (Wildman–Crippen LogP) is 3.82. The van der Waals surface area contributed by atoms with Crippen LogP contribution in [-0.2, 0) is 17.9 Å². The van der Waals surface area contributed by atoms with Gasteiger partial charge >= 0.3 is 0 Å². The molecule has 6 nitrogen and oxygen atoms in total. The lowest BCUT2D eigenvalue weighted by molar-refractivity contribution is 0.119. The largest absolute Gasteiger partial charge is 0.497 e. The smallest absolute Gasteiger partial charge is 0.191 e. The normalized spacial score (nSPS) is 19.5. The Bertz CT molecular complexity index is 810. The molecule has 1 saturated heterocycles. The van der Waals surface area contributed by atoms with Crippen molar-refractivity contribution >= 4 is 5.96 Å². The minimum atomic E-state index is 0.453. The van der Waals surface area contributed by atoms with Gasteiger partial charge in [0.05, 0.1) is 13.7 Å².